The molecule has 0 bridgehead atoms. The number of hydrogen-bond donors (Lipinski definition) is 2. The molecular formula is C20H30N2O4S. The molecule has 3 rings (SSSR count). The Labute approximate surface area is 162 Å². The number of benzene rings is 1. The summed E-state index contributed by atoms with van der Waals surface area (Å²) in [5.74, 6) is 1.39. The SMILES string of the molecule is CC(C)S(=O)(=O)NC1CCC(C(=O)Nc2cccc(OCC3CC3)c2)CC1. The van der Waals surface area contributed by atoms with Crippen LogP contribution < -0.4 is 14.8 Å². The summed E-state index contributed by atoms with van der Waals surface area (Å²) in [6.45, 7) is 4.08. The van der Waals surface area contributed by atoms with Crippen LogP contribution in [-0.4, -0.2) is 32.2 Å². The van der Waals surface area contributed by atoms with E-state index in [2.05, 4.69) is 10.0 Å². The lowest BCUT2D eigenvalue weighted by Crippen LogP contribution is -2.42. The number of rotatable bonds is 8. The topological polar surface area (TPSA) is 84.5 Å². The van der Waals surface area contributed by atoms with Crippen molar-refractivity contribution in [2.45, 2.75) is 63.7 Å². The van der Waals surface area contributed by atoms with Gasteiger partial charge in [0.2, 0.25) is 15.9 Å². The van der Waals surface area contributed by atoms with E-state index in [1.165, 1.54) is 12.8 Å². The summed E-state index contributed by atoms with van der Waals surface area (Å²) in [5, 5.41) is 2.54. The summed E-state index contributed by atoms with van der Waals surface area (Å²) in [7, 11) is -3.26. The summed E-state index contributed by atoms with van der Waals surface area (Å²) in [6, 6.07) is 7.45. The number of hydrogen-bond acceptors (Lipinski definition) is 4. The highest BCUT2D eigenvalue weighted by molar-refractivity contribution is 7.90. The first-order valence-electron chi connectivity index (χ1n) is 9.88. The molecule has 6 nitrogen and oxygen atoms in total. The number of anilines is 1. The normalized spacial score (nSPS) is 23.2. The summed E-state index contributed by atoms with van der Waals surface area (Å²) in [5.41, 5.74) is 0.746. The minimum absolute atomic E-state index is 0.000454. The Morgan fingerprint density at radius 2 is 1.85 bits per heavy atom. The number of ether oxygens (including phenoxy) is 1. The van der Waals surface area contributed by atoms with Crippen molar-refractivity contribution in [1.29, 1.82) is 0 Å². The summed E-state index contributed by atoms with van der Waals surface area (Å²) >= 11 is 0. The van der Waals surface area contributed by atoms with Crippen molar-refractivity contribution in [2.75, 3.05) is 11.9 Å². The third-order valence-electron chi connectivity index (χ3n) is 5.33. The fourth-order valence-electron chi connectivity index (χ4n) is 3.25. The number of nitrogens with one attached hydrogen (secondary N) is 2. The molecule has 1 aromatic carbocycles. The molecule has 27 heavy (non-hydrogen) atoms. The van der Waals surface area contributed by atoms with Gasteiger partial charge in [-0.05, 0) is 70.4 Å². The third-order valence-corrected chi connectivity index (χ3v) is 7.24. The summed E-state index contributed by atoms with van der Waals surface area (Å²) in [4.78, 5) is 12.6. The van der Waals surface area contributed by atoms with Crippen molar-refractivity contribution in [2.24, 2.45) is 11.8 Å². The van der Waals surface area contributed by atoms with Crippen LogP contribution in [0.2, 0.25) is 0 Å². The van der Waals surface area contributed by atoms with Crippen LogP contribution in [0.1, 0.15) is 52.4 Å². The first-order chi connectivity index (χ1) is 12.8. The Morgan fingerprint density at radius 1 is 1.15 bits per heavy atom. The molecular weight excluding hydrogens is 364 g/mol. The molecule has 0 radical (unpaired) electrons. The Hall–Kier alpha value is -1.60. The van der Waals surface area contributed by atoms with Crippen molar-refractivity contribution >= 4 is 21.6 Å². The number of sulfonamides is 1. The zero-order chi connectivity index (χ0) is 19.4. The van der Waals surface area contributed by atoms with Crippen molar-refractivity contribution < 1.29 is 17.9 Å². The minimum Gasteiger partial charge on any atom is -0.493 e. The third kappa shape index (κ3) is 5.94. The van der Waals surface area contributed by atoms with Gasteiger partial charge in [-0.1, -0.05) is 6.07 Å². The van der Waals surface area contributed by atoms with E-state index in [4.69, 9.17) is 4.74 Å². The quantitative estimate of drug-likeness (QED) is 0.708. The Morgan fingerprint density at radius 3 is 2.48 bits per heavy atom. The fourth-order valence-corrected chi connectivity index (χ4v) is 4.22. The maximum Gasteiger partial charge on any atom is 0.227 e. The van der Waals surface area contributed by atoms with E-state index >= 15 is 0 Å². The van der Waals surface area contributed by atoms with Crippen LogP contribution in [0.25, 0.3) is 0 Å². The highest BCUT2D eigenvalue weighted by atomic mass is 32.2. The van der Waals surface area contributed by atoms with E-state index in [0.29, 0.717) is 31.6 Å². The molecule has 7 heteroatoms. The molecule has 1 aromatic rings. The van der Waals surface area contributed by atoms with Gasteiger partial charge < -0.3 is 10.1 Å². The van der Waals surface area contributed by atoms with Crippen LogP contribution in [0.4, 0.5) is 5.69 Å². The van der Waals surface area contributed by atoms with Crippen molar-refractivity contribution in [3.63, 3.8) is 0 Å². The molecule has 2 N–H and O–H groups in total. The first kappa shape index (κ1) is 20.1. The zero-order valence-electron chi connectivity index (χ0n) is 16.1. The molecule has 0 aliphatic heterocycles. The van der Waals surface area contributed by atoms with E-state index in [9.17, 15) is 13.2 Å². The molecule has 2 aliphatic carbocycles. The van der Waals surface area contributed by atoms with Gasteiger partial charge in [0.25, 0.3) is 0 Å². The molecule has 1 amide bonds. The van der Waals surface area contributed by atoms with Gasteiger partial charge in [-0.3, -0.25) is 4.79 Å². The number of carbonyl (C=O) groups is 1. The van der Waals surface area contributed by atoms with Gasteiger partial charge in [0.15, 0.2) is 0 Å². The largest absolute Gasteiger partial charge is 0.493 e. The minimum atomic E-state index is -3.26. The summed E-state index contributed by atoms with van der Waals surface area (Å²) in [6.07, 6.45) is 5.24. The standard InChI is InChI=1S/C20H30N2O4S/c1-14(2)27(24,25)22-17-10-8-16(9-11-17)20(23)21-18-4-3-5-19(12-18)26-13-15-6-7-15/h3-5,12,14-17,22H,6-11,13H2,1-2H3,(H,21,23). The van der Waals surface area contributed by atoms with E-state index in [1.807, 2.05) is 24.3 Å². The second kappa shape index (κ2) is 8.61. The lowest BCUT2D eigenvalue weighted by atomic mass is 9.86. The smallest absolute Gasteiger partial charge is 0.227 e. The molecule has 2 saturated carbocycles. The average molecular weight is 395 g/mol. The van der Waals surface area contributed by atoms with Gasteiger partial charge in [-0.25, -0.2) is 13.1 Å². The fraction of sp³-hybridized carbons (Fsp3) is 0.650. The van der Waals surface area contributed by atoms with E-state index < -0.39 is 15.3 Å². The molecule has 0 unspecified atom stereocenters. The zero-order valence-corrected chi connectivity index (χ0v) is 16.9. The second-order valence-electron chi connectivity index (χ2n) is 8.03. The number of carbonyl (C=O) groups excluding carboxylic acids is 1. The van der Waals surface area contributed by atoms with Crippen molar-refractivity contribution in [1.82, 2.24) is 4.72 Å². The van der Waals surface area contributed by atoms with Gasteiger partial charge in [0.05, 0.1) is 11.9 Å². The Balaban J connectivity index is 1.47. The number of amides is 1. The lowest BCUT2D eigenvalue weighted by molar-refractivity contribution is -0.120. The van der Waals surface area contributed by atoms with Gasteiger partial charge in [-0.2, -0.15) is 0 Å². The van der Waals surface area contributed by atoms with Crippen LogP contribution in [0.3, 0.4) is 0 Å². The molecule has 0 atom stereocenters. The molecule has 0 aromatic heterocycles. The van der Waals surface area contributed by atoms with Gasteiger partial charge >= 0.3 is 0 Å². The molecule has 0 heterocycles. The second-order valence-corrected chi connectivity index (χ2v) is 10.3. The van der Waals surface area contributed by atoms with Crippen molar-refractivity contribution in [3.05, 3.63) is 24.3 Å². The average Bonchev–Trinajstić information content (AvgIpc) is 3.45. The monoisotopic (exact) mass is 394 g/mol. The highest BCUT2D eigenvalue weighted by Gasteiger charge is 2.29. The van der Waals surface area contributed by atoms with Gasteiger partial charge in [0, 0.05) is 23.7 Å². The van der Waals surface area contributed by atoms with E-state index in [1.54, 1.807) is 13.8 Å². The molecule has 2 fully saturated rings. The molecule has 150 valence electrons. The van der Waals surface area contributed by atoms with Crippen molar-refractivity contribution in [3.8, 4) is 5.75 Å². The predicted octanol–water partition coefficient (Wildman–Crippen LogP) is 3.30. The Bertz CT molecular complexity index is 751. The molecule has 0 spiro atoms. The highest BCUT2D eigenvalue weighted by Crippen LogP contribution is 2.30. The lowest BCUT2D eigenvalue weighted by Gasteiger charge is -2.28. The molecule has 0 saturated heterocycles. The maximum atomic E-state index is 12.6. The Kier molecular flexibility index (Phi) is 6.42. The maximum absolute atomic E-state index is 12.6. The van der Waals surface area contributed by atoms with Crippen LogP contribution in [-0.2, 0) is 14.8 Å². The van der Waals surface area contributed by atoms with E-state index in [-0.39, 0.29) is 17.9 Å². The van der Waals surface area contributed by atoms with Gasteiger partial charge in [0.1, 0.15) is 5.75 Å². The van der Waals surface area contributed by atoms with Crippen LogP contribution in [0.5, 0.6) is 5.75 Å². The first-order valence-corrected chi connectivity index (χ1v) is 11.4. The summed E-state index contributed by atoms with van der Waals surface area (Å²) < 4.78 is 32.5. The molecule has 2 aliphatic rings. The predicted molar refractivity (Wildman–Crippen MR) is 106 cm³/mol. The van der Waals surface area contributed by atoms with Crippen LogP contribution in [0, 0.1) is 11.8 Å². The van der Waals surface area contributed by atoms with Crippen LogP contribution >= 0.6 is 0 Å². The van der Waals surface area contributed by atoms with E-state index in [0.717, 1.165) is 18.0 Å². The van der Waals surface area contributed by atoms with Crippen LogP contribution in [0.15, 0.2) is 24.3 Å². The van der Waals surface area contributed by atoms with Gasteiger partial charge in [-0.15, -0.1) is 0 Å².